The number of carbonyl (C=O) groups excluding carboxylic acids is 1. The zero-order valence-electron chi connectivity index (χ0n) is 8.31. The van der Waals surface area contributed by atoms with Crippen LogP contribution in [-0.2, 0) is 4.79 Å². The largest absolute Gasteiger partial charge is 0.324 e. The molecule has 0 aliphatic heterocycles. The molecule has 0 unspecified atom stereocenters. The highest BCUT2D eigenvalue weighted by atomic mass is 35.5. The molecule has 0 saturated carbocycles. The molecule has 0 bridgehead atoms. The Hall–Kier alpha value is -0.770. The Balaban J connectivity index is 2.60. The Morgan fingerprint density at radius 1 is 1.40 bits per heavy atom. The van der Waals surface area contributed by atoms with Gasteiger partial charge in [-0.2, -0.15) is 0 Å². The molecule has 15 heavy (non-hydrogen) atoms. The SMILES string of the molecule is CCNCC(=O)Nc1ccc(Cl)cc1Cl. The third kappa shape index (κ3) is 4.08. The molecule has 1 aromatic rings. The van der Waals surface area contributed by atoms with Crippen molar-refractivity contribution in [2.24, 2.45) is 0 Å². The number of nitrogens with one attached hydrogen (secondary N) is 2. The Morgan fingerprint density at radius 2 is 2.13 bits per heavy atom. The molecule has 0 spiro atoms. The highest BCUT2D eigenvalue weighted by Gasteiger charge is 2.05. The summed E-state index contributed by atoms with van der Waals surface area (Å²) >= 11 is 11.6. The maximum Gasteiger partial charge on any atom is 0.238 e. The first-order chi connectivity index (χ1) is 7.13. The highest BCUT2D eigenvalue weighted by molar-refractivity contribution is 6.36. The summed E-state index contributed by atoms with van der Waals surface area (Å²) in [5, 5.41) is 6.58. The van der Waals surface area contributed by atoms with E-state index in [-0.39, 0.29) is 12.5 Å². The Kier molecular flexibility index (Phi) is 4.88. The van der Waals surface area contributed by atoms with Gasteiger partial charge in [-0.3, -0.25) is 4.79 Å². The quantitative estimate of drug-likeness (QED) is 0.858. The topological polar surface area (TPSA) is 41.1 Å². The van der Waals surface area contributed by atoms with Crippen LogP contribution < -0.4 is 10.6 Å². The van der Waals surface area contributed by atoms with E-state index in [2.05, 4.69) is 10.6 Å². The van der Waals surface area contributed by atoms with E-state index in [1.807, 2.05) is 6.92 Å². The third-order valence-electron chi connectivity index (χ3n) is 1.74. The second kappa shape index (κ2) is 5.95. The maximum atomic E-state index is 11.3. The Bertz CT molecular complexity index is 355. The van der Waals surface area contributed by atoms with Crippen LogP contribution in [0.15, 0.2) is 18.2 Å². The second-order valence-electron chi connectivity index (χ2n) is 2.95. The van der Waals surface area contributed by atoms with Gasteiger partial charge in [-0.15, -0.1) is 0 Å². The van der Waals surface area contributed by atoms with Crippen molar-refractivity contribution in [1.29, 1.82) is 0 Å². The Morgan fingerprint density at radius 3 is 2.73 bits per heavy atom. The fraction of sp³-hybridized carbons (Fsp3) is 0.300. The predicted octanol–water partition coefficient (Wildman–Crippen LogP) is 2.54. The summed E-state index contributed by atoms with van der Waals surface area (Å²) in [7, 11) is 0. The molecule has 82 valence electrons. The van der Waals surface area contributed by atoms with Crippen LogP contribution in [0.2, 0.25) is 10.0 Å². The van der Waals surface area contributed by atoms with Gasteiger partial charge in [-0.05, 0) is 24.7 Å². The minimum atomic E-state index is -0.124. The van der Waals surface area contributed by atoms with E-state index >= 15 is 0 Å². The van der Waals surface area contributed by atoms with Crippen molar-refractivity contribution in [3.8, 4) is 0 Å². The zero-order chi connectivity index (χ0) is 11.3. The summed E-state index contributed by atoms with van der Waals surface area (Å²) in [6, 6.07) is 4.94. The van der Waals surface area contributed by atoms with Gasteiger partial charge >= 0.3 is 0 Å². The molecule has 2 N–H and O–H groups in total. The minimum Gasteiger partial charge on any atom is -0.324 e. The number of hydrogen-bond acceptors (Lipinski definition) is 2. The predicted molar refractivity (Wildman–Crippen MR) is 63.6 cm³/mol. The number of rotatable bonds is 4. The second-order valence-corrected chi connectivity index (χ2v) is 3.80. The minimum absolute atomic E-state index is 0.124. The van der Waals surface area contributed by atoms with Gasteiger partial charge in [-0.25, -0.2) is 0 Å². The number of amides is 1. The molecule has 0 atom stereocenters. The van der Waals surface area contributed by atoms with Crippen LogP contribution in [0.5, 0.6) is 0 Å². The van der Waals surface area contributed by atoms with Crippen molar-refractivity contribution in [3.63, 3.8) is 0 Å². The van der Waals surface area contributed by atoms with E-state index in [0.717, 1.165) is 6.54 Å². The van der Waals surface area contributed by atoms with E-state index in [4.69, 9.17) is 23.2 Å². The van der Waals surface area contributed by atoms with Crippen LogP contribution in [-0.4, -0.2) is 19.0 Å². The summed E-state index contributed by atoms with van der Waals surface area (Å²) in [4.78, 5) is 11.3. The molecule has 0 fully saturated rings. The monoisotopic (exact) mass is 246 g/mol. The molecule has 0 heterocycles. The molecule has 0 saturated heterocycles. The summed E-state index contributed by atoms with van der Waals surface area (Å²) in [5.41, 5.74) is 0.573. The molecule has 3 nitrogen and oxygen atoms in total. The van der Waals surface area contributed by atoms with Gasteiger partial charge in [0.2, 0.25) is 5.91 Å². The number of benzene rings is 1. The number of hydrogen-bond donors (Lipinski definition) is 2. The van der Waals surface area contributed by atoms with Crippen molar-refractivity contribution in [2.75, 3.05) is 18.4 Å². The van der Waals surface area contributed by atoms with Gasteiger partial charge < -0.3 is 10.6 Å². The maximum absolute atomic E-state index is 11.3. The first-order valence-corrected chi connectivity index (χ1v) is 5.34. The van der Waals surface area contributed by atoms with Crippen LogP contribution in [0.3, 0.4) is 0 Å². The van der Waals surface area contributed by atoms with Gasteiger partial charge in [0, 0.05) is 5.02 Å². The van der Waals surface area contributed by atoms with E-state index in [1.165, 1.54) is 0 Å². The number of carbonyl (C=O) groups is 1. The molecule has 0 aliphatic carbocycles. The van der Waals surface area contributed by atoms with Crippen LogP contribution in [0.4, 0.5) is 5.69 Å². The molecule has 5 heteroatoms. The molecule has 1 rings (SSSR count). The van der Waals surface area contributed by atoms with Gasteiger partial charge in [0.05, 0.1) is 17.3 Å². The molecule has 1 aromatic carbocycles. The van der Waals surface area contributed by atoms with Crippen molar-refractivity contribution in [2.45, 2.75) is 6.92 Å². The van der Waals surface area contributed by atoms with Gasteiger partial charge in [0.1, 0.15) is 0 Å². The molecule has 0 aliphatic rings. The van der Waals surface area contributed by atoms with Crippen molar-refractivity contribution in [3.05, 3.63) is 28.2 Å². The fourth-order valence-electron chi connectivity index (χ4n) is 1.02. The number of halogens is 2. The van der Waals surface area contributed by atoms with E-state index in [1.54, 1.807) is 18.2 Å². The molecule has 0 radical (unpaired) electrons. The molecule has 1 amide bonds. The van der Waals surface area contributed by atoms with Crippen LogP contribution in [0.1, 0.15) is 6.92 Å². The smallest absolute Gasteiger partial charge is 0.238 e. The summed E-state index contributed by atoms with van der Waals surface area (Å²) in [6.07, 6.45) is 0. The van der Waals surface area contributed by atoms with E-state index in [9.17, 15) is 4.79 Å². The standard InChI is InChI=1S/C10H12Cl2N2O/c1-2-13-6-10(15)14-9-4-3-7(11)5-8(9)12/h3-5,13H,2,6H2,1H3,(H,14,15). The first-order valence-electron chi connectivity index (χ1n) is 4.59. The summed E-state index contributed by atoms with van der Waals surface area (Å²) in [6.45, 7) is 2.96. The highest BCUT2D eigenvalue weighted by Crippen LogP contribution is 2.25. The molecular weight excluding hydrogens is 235 g/mol. The lowest BCUT2D eigenvalue weighted by atomic mass is 10.3. The summed E-state index contributed by atoms with van der Waals surface area (Å²) < 4.78 is 0. The van der Waals surface area contributed by atoms with Crippen molar-refractivity contribution >= 4 is 34.8 Å². The zero-order valence-corrected chi connectivity index (χ0v) is 9.82. The summed E-state index contributed by atoms with van der Waals surface area (Å²) in [5.74, 6) is -0.124. The van der Waals surface area contributed by atoms with Crippen molar-refractivity contribution < 1.29 is 4.79 Å². The van der Waals surface area contributed by atoms with E-state index in [0.29, 0.717) is 15.7 Å². The van der Waals surface area contributed by atoms with Gasteiger partial charge in [-0.1, -0.05) is 30.1 Å². The Labute approximate surface area is 98.8 Å². The van der Waals surface area contributed by atoms with Gasteiger partial charge in [0.15, 0.2) is 0 Å². The van der Waals surface area contributed by atoms with E-state index < -0.39 is 0 Å². The number of likely N-dealkylation sites (N-methyl/N-ethyl adjacent to an activating group) is 1. The molecular formula is C10H12Cl2N2O. The van der Waals surface area contributed by atoms with Gasteiger partial charge in [0.25, 0.3) is 0 Å². The lowest BCUT2D eigenvalue weighted by Crippen LogP contribution is -2.27. The number of anilines is 1. The van der Waals surface area contributed by atoms with Crippen LogP contribution in [0.25, 0.3) is 0 Å². The normalized spacial score (nSPS) is 10.1. The van der Waals surface area contributed by atoms with Crippen molar-refractivity contribution in [1.82, 2.24) is 5.32 Å². The first kappa shape index (κ1) is 12.3. The van der Waals surface area contributed by atoms with Crippen LogP contribution in [0, 0.1) is 0 Å². The fourth-order valence-corrected chi connectivity index (χ4v) is 1.48. The third-order valence-corrected chi connectivity index (χ3v) is 2.29. The lowest BCUT2D eigenvalue weighted by Gasteiger charge is -2.07. The molecule has 0 aromatic heterocycles. The average molecular weight is 247 g/mol. The average Bonchev–Trinajstić information content (AvgIpc) is 2.19. The van der Waals surface area contributed by atoms with Crippen LogP contribution >= 0.6 is 23.2 Å². The lowest BCUT2D eigenvalue weighted by molar-refractivity contribution is -0.115.